The highest BCUT2D eigenvalue weighted by Crippen LogP contribution is 2.44. The molecule has 2 heteroatoms. The summed E-state index contributed by atoms with van der Waals surface area (Å²) in [5.41, 5.74) is 8.18. The van der Waals surface area contributed by atoms with Crippen LogP contribution in [0.2, 0.25) is 0 Å². The summed E-state index contributed by atoms with van der Waals surface area (Å²) < 4.78 is 0. The number of hydrogen-bond donors (Lipinski definition) is 1. The highest BCUT2D eigenvalue weighted by atomic mass is 15.2. The number of rotatable bonds is 2. The zero-order valence-electron chi connectivity index (χ0n) is 10.4. The lowest BCUT2D eigenvalue weighted by Gasteiger charge is -2.28. The Morgan fingerprint density at radius 3 is 2.76 bits per heavy atom. The Hall–Kier alpha value is -0.860. The Kier molecular flexibility index (Phi) is 2.93. The molecular formula is C15H22N2. The predicted molar refractivity (Wildman–Crippen MR) is 70.6 cm³/mol. The minimum Gasteiger partial charge on any atom is -0.327 e. The molecule has 1 aromatic rings. The van der Waals surface area contributed by atoms with Gasteiger partial charge in [0.25, 0.3) is 0 Å². The molecule has 2 atom stereocenters. The number of nitrogens with two attached hydrogens (primary N) is 1. The third-order valence-electron chi connectivity index (χ3n) is 4.69. The van der Waals surface area contributed by atoms with Crippen LogP contribution in [0, 0.1) is 5.41 Å². The van der Waals surface area contributed by atoms with E-state index in [1.807, 2.05) is 0 Å². The van der Waals surface area contributed by atoms with E-state index in [1.165, 1.54) is 44.3 Å². The number of hydrogen-bond acceptors (Lipinski definition) is 2. The third kappa shape index (κ3) is 2.12. The molecule has 1 spiro atoms. The van der Waals surface area contributed by atoms with E-state index in [-0.39, 0.29) is 0 Å². The van der Waals surface area contributed by atoms with Gasteiger partial charge in [0, 0.05) is 19.1 Å². The number of benzene rings is 1. The first kappa shape index (κ1) is 11.2. The fourth-order valence-electron chi connectivity index (χ4n) is 3.63. The first-order valence-corrected chi connectivity index (χ1v) is 6.80. The van der Waals surface area contributed by atoms with Crippen LogP contribution in [0.4, 0.5) is 0 Å². The van der Waals surface area contributed by atoms with Gasteiger partial charge >= 0.3 is 0 Å². The Bertz CT molecular complexity index is 376. The number of nitrogens with zero attached hydrogens (tertiary/aromatic N) is 1. The van der Waals surface area contributed by atoms with Crippen molar-refractivity contribution < 1.29 is 0 Å². The monoisotopic (exact) mass is 230 g/mol. The summed E-state index contributed by atoms with van der Waals surface area (Å²) in [6.07, 6.45) is 5.22. The van der Waals surface area contributed by atoms with E-state index in [1.54, 1.807) is 0 Å². The Morgan fingerprint density at radius 2 is 2.06 bits per heavy atom. The van der Waals surface area contributed by atoms with E-state index in [2.05, 4.69) is 35.2 Å². The van der Waals surface area contributed by atoms with Crippen molar-refractivity contribution in [2.45, 2.75) is 38.3 Å². The molecule has 0 radical (unpaired) electrons. The van der Waals surface area contributed by atoms with Crippen LogP contribution in [-0.4, -0.2) is 24.0 Å². The normalized spacial score (nSPS) is 33.6. The average Bonchev–Trinajstić information content (AvgIpc) is 2.90. The molecule has 2 aliphatic rings. The first-order valence-electron chi connectivity index (χ1n) is 6.80. The van der Waals surface area contributed by atoms with Crippen LogP contribution in [0.25, 0.3) is 0 Å². The van der Waals surface area contributed by atoms with Crippen molar-refractivity contribution in [2.75, 3.05) is 13.1 Å². The van der Waals surface area contributed by atoms with Gasteiger partial charge in [-0.15, -0.1) is 0 Å². The zero-order chi connectivity index (χ0) is 11.7. The second-order valence-electron chi connectivity index (χ2n) is 5.81. The molecule has 0 aromatic heterocycles. The summed E-state index contributed by atoms with van der Waals surface area (Å²) in [7, 11) is 0. The SMILES string of the molecule is N[C@@H]1CCC[C@@]12CCN(Cc1ccccc1)C2. The summed E-state index contributed by atoms with van der Waals surface area (Å²) in [4.78, 5) is 2.58. The summed E-state index contributed by atoms with van der Waals surface area (Å²) in [5.74, 6) is 0. The minimum atomic E-state index is 0.447. The first-order chi connectivity index (χ1) is 8.28. The lowest BCUT2D eigenvalue weighted by molar-refractivity contribution is 0.234. The fourth-order valence-corrected chi connectivity index (χ4v) is 3.63. The molecule has 1 heterocycles. The van der Waals surface area contributed by atoms with Gasteiger partial charge in [-0.05, 0) is 36.8 Å². The van der Waals surface area contributed by atoms with Gasteiger partial charge in [0.15, 0.2) is 0 Å². The summed E-state index contributed by atoms with van der Waals surface area (Å²) in [6, 6.07) is 11.2. The molecule has 17 heavy (non-hydrogen) atoms. The Balaban J connectivity index is 1.65. The molecule has 1 aliphatic carbocycles. The van der Waals surface area contributed by atoms with Gasteiger partial charge in [-0.1, -0.05) is 36.8 Å². The van der Waals surface area contributed by atoms with E-state index < -0.39 is 0 Å². The molecule has 1 aromatic carbocycles. The van der Waals surface area contributed by atoms with E-state index in [0.717, 1.165) is 6.54 Å². The van der Waals surface area contributed by atoms with Crippen LogP contribution < -0.4 is 5.73 Å². The van der Waals surface area contributed by atoms with Gasteiger partial charge in [-0.3, -0.25) is 4.90 Å². The quantitative estimate of drug-likeness (QED) is 0.845. The standard InChI is InChI=1S/C15H22N2/c16-14-7-4-8-15(14)9-10-17(12-15)11-13-5-2-1-3-6-13/h1-3,5-6,14H,4,7-12,16H2/t14-,15+/m1/s1. The van der Waals surface area contributed by atoms with Crippen molar-refractivity contribution in [3.63, 3.8) is 0 Å². The molecule has 0 unspecified atom stereocenters. The summed E-state index contributed by atoms with van der Waals surface area (Å²) >= 11 is 0. The molecular weight excluding hydrogens is 208 g/mol. The Labute approximate surface area is 104 Å². The smallest absolute Gasteiger partial charge is 0.0233 e. The molecule has 3 rings (SSSR count). The highest BCUT2D eigenvalue weighted by Gasteiger charge is 2.45. The molecule has 2 fully saturated rings. The van der Waals surface area contributed by atoms with Crippen LogP contribution in [0.3, 0.4) is 0 Å². The Morgan fingerprint density at radius 1 is 1.24 bits per heavy atom. The topological polar surface area (TPSA) is 29.3 Å². The minimum absolute atomic E-state index is 0.447. The predicted octanol–water partition coefficient (Wildman–Crippen LogP) is 2.39. The molecule has 1 saturated heterocycles. The summed E-state index contributed by atoms with van der Waals surface area (Å²) in [6.45, 7) is 3.53. The van der Waals surface area contributed by atoms with Gasteiger partial charge in [0.2, 0.25) is 0 Å². The lowest BCUT2D eigenvalue weighted by atomic mass is 9.82. The van der Waals surface area contributed by atoms with Crippen LogP contribution >= 0.6 is 0 Å². The molecule has 2 N–H and O–H groups in total. The maximum absolute atomic E-state index is 6.30. The maximum atomic E-state index is 6.30. The van der Waals surface area contributed by atoms with Crippen molar-refractivity contribution in [3.8, 4) is 0 Å². The van der Waals surface area contributed by atoms with E-state index in [0.29, 0.717) is 11.5 Å². The van der Waals surface area contributed by atoms with Crippen LogP contribution in [0.5, 0.6) is 0 Å². The van der Waals surface area contributed by atoms with Crippen molar-refractivity contribution in [1.82, 2.24) is 4.90 Å². The third-order valence-corrected chi connectivity index (χ3v) is 4.69. The lowest BCUT2D eigenvalue weighted by Crippen LogP contribution is -2.39. The summed E-state index contributed by atoms with van der Waals surface area (Å²) in [5, 5.41) is 0. The van der Waals surface area contributed by atoms with E-state index >= 15 is 0 Å². The second kappa shape index (κ2) is 4.43. The van der Waals surface area contributed by atoms with Gasteiger partial charge in [-0.25, -0.2) is 0 Å². The van der Waals surface area contributed by atoms with E-state index in [4.69, 9.17) is 5.73 Å². The van der Waals surface area contributed by atoms with Crippen molar-refractivity contribution >= 4 is 0 Å². The van der Waals surface area contributed by atoms with Crippen LogP contribution in [0.1, 0.15) is 31.2 Å². The number of likely N-dealkylation sites (tertiary alicyclic amines) is 1. The van der Waals surface area contributed by atoms with E-state index in [9.17, 15) is 0 Å². The van der Waals surface area contributed by atoms with Crippen molar-refractivity contribution in [1.29, 1.82) is 0 Å². The van der Waals surface area contributed by atoms with Gasteiger partial charge in [0.1, 0.15) is 0 Å². The zero-order valence-corrected chi connectivity index (χ0v) is 10.4. The van der Waals surface area contributed by atoms with Crippen molar-refractivity contribution in [2.24, 2.45) is 11.1 Å². The molecule has 1 aliphatic heterocycles. The molecule has 1 saturated carbocycles. The second-order valence-corrected chi connectivity index (χ2v) is 5.81. The van der Waals surface area contributed by atoms with Crippen molar-refractivity contribution in [3.05, 3.63) is 35.9 Å². The van der Waals surface area contributed by atoms with Gasteiger partial charge < -0.3 is 5.73 Å². The maximum Gasteiger partial charge on any atom is 0.0233 e. The fraction of sp³-hybridized carbons (Fsp3) is 0.600. The van der Waals surface area contributed by atoms with Gasteiger partial charge in [0.05, 0.1) is 0 Å². The molecule has 92 valence electrons. The molecule has 0 bridgehead atoms. The molecule has 0 amide bonds. The molecule has 2 nitrogen and oxygen atoms in total. The van der Waals surface area contributed by atoms with Crippen LogP contribution in [-0.2, 0) is 6.54 Å². The van der Waals surface area contributed by atoms with Crippen LogP contribution in [0.15, 0.2) is 30.3 Å². The average molecular weight is 230 g/mol. The van der Waals surface area contributed by atoms with Gasteiger partial charge in [-0.2, -0.15) is 0 Å². The largest absolute Gasteiger partial charge is 0.327 e. The highest BCUT2D eigenvalue weighted by molar-refractivity contribution is 5.15.